The lowest BCUT2D eigenvalue weighted by atomic mass is 10.2. The lowest BCUT2D eigenvalue weighted by Crippen LogP contribution is -2.34. The number of hydrogen-bond donors (Lipinski definition) is 2. The molecule has 2 N–H and O–H groups in total. The van der Waals surface area contributed by atoms with Gasteiger partial charge >= 0.3 is 12.1 Å². The summed E-state index contributed by atoms with van der Waals surface area (Å²) in [6.45, 7) is 1.68. The number of hydrogen-bond acceptors (Lipinski definition) is 4. The van der Waals surface area contributed by atoms with Crippen LogP contribution in [-0.2, 0) is 15.8 Å². The number of aromatic nitrogens is 1. The number of aliphatic carboxylic acids is 1. The van der Waals surface area contributed by atoms with Gasteiger partial charge < -0.3 is 10.4 Å². The van der Waals surface area contributed by atoms with Gasteiger partial charge in [0.15, 0.2) is 0 Å². The van der Waals surface area contributed by atoms with Crippen molar-refractivity contribution in [2.45, 2.75) is 37.0 Å². The Morgan fingerprint density at radius 2 is 2.09 bits per heavy atom. The Hall–Kier alpha value is -1.77. The van der Waals surface area contributed by atoms with Crippen LogP contribution in [-0.4, -0.2) is 33.8 Å². The molecule has 1 heterocycles. The molecule has 22 heavy (non-hydrogen) atoms. The molecule has 0 aromatic carbocycles. The molecule has 1 aromatic heterocycles. The zero-order valence-electron chi connectivity index (χ0n) is 11.7. The van der Waals surface area contributed by atoms with Crippen molar-refractivity contribution in [2.75, 3.05) is 5.75 Å². The molecule has 0 saturated heterocycles. The predicted molar refractivity (Wildman–Crippen MR) is 74.4 cm³/mol. The monoisotopic (exact) mass is 336 g/mol. The molecule has 0 saturated carbocycles. The number of nitrogens with one attached hydrogen (secondary N) is 1. The molecular weight excluding hydrogens is 321 g/mol. The Kier molecular flexibility index (Phi) is 6.66. The zero-order valence-corrected chi connectivity index (χ0v) is 12.5. The van der Waals surface area contributed by atoms with E-state index in [1.54, 1.807) is 6.92 Å². The molecular formula is C13H15F3N2O3S. The highest BCUT2D eigenvalue weighted by atomic mass is 32.2. The first-order chi connectivity index (χ1) is 10.2. The van der Waals surface area contributed by atoms with Crippen molar-refractivity contribution >= 4 is 23.6 Å². The first-order valence-corrected chi connectivity index (χ1v) is 7.34. The minimum atomic E-state index is -4.44. The molecule has 0 spiro atoms. The van der Waals surface area contributed by atoms with Gasteiger partial charge in [-0.05, 0) is 25.5 Å². The molecule has 0 aliphatic heterocycles. The van der Waals surface area contributed by atoms with Crippen LogP contribution in [0.4, 0.5) is 13.2 Å². The van der Waals surface area contributed by atoms with Crippen molar-refractivity contribution in [1.29, 1.82) is 0 Å². The average molecular weight is 336 g/mol. The number of amides is 1. The standard InChI is InChI=1S/C13H15F3N2O3S/c1-8(2-5-12(20)21)18-10(19)7-22-11-4-3-9(6-17-11)13(14,15)16/h3-4,6,8H,2,5,7H2,1H3,(H,18,19)(H,20,21). The quantitative estimate of drug-likeness (QED) is 0.748. The van der Waals surface area contributed by atoms with Crippen molar-refractivity contribution in [3.63, 3.8) is 0 Å². The maximum atomic E-state index is 12.4. The summed E-state index contributed by atoms with van der Waals surface area (Å²) in [5.74, 6) is -1.27. The molecule has 9 heteroatoms. The highest BCUT2D eigenvalue weighted by Crippen LogP contribution is 2.29. The Morgan fingerprint density at radius 1 is 1.41 bits per heavy atom. The number of carboxylic acid groups (broad SMARTS) is 1. The van der Waals surface area contributed by atoms with Gasteiger partial charge in [0, 0.05) is 18.7 Å². The number of carbonyl (C=O) groups is 2. The van der Waals surface area contributed by atoms with E-state index in [2.05, 4.69) is 10.3 Å². The summed E-state index contributed by atoms with van der Waals surface area (Å²) in [5.41, 5.74) is -0.844. The van der Waals surface area contributed by atoms with E-state index in [9.17, 15) is 22.8 Å². The summed E-state index contributed by atoms with van der Waals surface area (Å²) >= 11 is 1.01. The second-order valence-electron chi connectivity index (χ2n) is 4.57. The Labute approximate surface area is 129 Å². The van der Waals surface area contributed by atoms with E-state index in [0.29, 0.717) is 11.4 Å². The Bertz CT molecular complexity index is 520. The molecule has 0 aliphatic rings. The van der Waals surface area contributed by atoms with Crippen LogP contribution >= 0.6 is 11.8 Å². The SMILES string of the molecule is CC(CCC(=O)O)NC(=O)CSc1ccc(C(F)(F)F)cn1. The zero-order chi connectivity index (χ0) is 16.8. The number of carbonyl (C=O) groups excluding carboxylic acids is 1. The van der Waals surface area contributed by atoms with Crippen molar-refractivity contribution in [2.24, 2.45) is 0 Å². The summed E-state index contributed by atoms with van der Waals surface area (Å²) in [4.78, 5) is 25.6. The molecule has 0 bridgehead atoms. The molecule has 0 aliphatic carbocycles. The fourth-order valence-corrected chi connectivity index (χ4v) is 2.16. The van der Waals surface area contributed by atoms with Crippen molar-refractivity contribution in [3.8, 4) is 0 Å². The second-order valence-corrected chi connectivity index (χ2v) is 5.57. The number of thioether (sulfide) groups is 1. The smallest absolute Gasteiger partial charge is 0.417 e. The molecule has 0 radical (unpaired) electrons. The lowest BCUT2D eigenvalue weighted by Gasteiger charge is -2.12. The fraction of sp³-hybridized carbons (Fsp3) is 0.462. The van der Waals surface area contributed by atoms with Gasteiger partial charge in [-0.15, -0.1) is 0 Å². The summed E-state index contributed by atoms with van der Waals surface area (Å²) in [6.07, 6.45) is -3.46. The summed E-state index contributed by atoms with van der Waals surface area (Å²) in [6, 6.07) is 1.82. The maximum Gasteiger partial charge on any atom is 0.417 e. The van der Waals surface area contributed by atoms with Crippen molar-refractivity contribution in [3.05, 3.63) is 23.9 Å². The molecule has 1 amide bonds. The third-order valence-electron chi connectivity index (χ3n) is 2.61. The number of halogens is 3. The maximum absolute atomic E-state index is 12.4. The van der Waals surface area contributed by atoms with E-state index >= 15 is 0 Å². The van der Waals surface area contributed by atoms with Gasteiger partial charge in [-0.2, -0.15) is 13.2 Å². The number of rotatable bonds is 7. The highest BCUT2D eigenvalue weighted by molar-refractivity contribution is 7.99. The molecule has 1 atom stereocenters. The van der Waals surface area contributed by atoms with Gasteiger partial charge in [0.1, 0.15) is 0 Å². The van der Waals surface area contributed by atoms with E-state index in [-0.39, 0.29) is 24.1 Å². The number of alkyl halides is 3. The van der Waals surface area contributed by atoms with Crippen LogP contribution in [0.3, 0.4) is 0 Å². The van der Waals surface area contributed by atoms with E-state index < -0.39 is 17.7 Å². The Balaban J connectivity index is 2.39. The van der Waals surface area contributed by atoms with Crippen LogP contribution in [0.5, 0.6) is 0 Å². The van der Waals surface area contributed by atoms with Gasteiger partial charge in [-0.3, -0.25) is 9.59 Å². The van der Waals surface area contributed by atoms with Crippen LogP contribution in [0.15, 0.2) is 23.4 Å². The summed E-state index contributed by atoms with van der Waals surface area (Å²) < 4.78 is 37.1. The number of nitrogens with zero attached hydrogens (tertiary/aromatic N) is 1. The van der Waals surface area contributed by atoms with E-state index in [4.69, 9.17) is 5.11 Å². The summed E-state index contributed by atoms with van der Waals surface area (Å²) in [7, 11) is 0. The first-order valence-electron chi connectivity index (χ1n) is 6.35. The second kappa shape index (κ2) is 8.02. The topological polar surface area (TPSA) is 79.3 Å². The third-order valence-corrected chi connectivity index (χ3v) is 3.56. The Morgan fingerprint density at radius 3 is 2.59 bits per heavy atom. The number of carboxylic acids is 1. The van der Waals surface area contributed by atoms with Crippen molar-refractivity contribution < 1.29 is 27.9 Å². The molecule has 1 aromatic rings. The van der Waals surface area contributed by atoms with Crippen LogP contribution < -0.4 is 5.32 Å². The van der Waals surface area contributed by atoms with Crippen LogP contribution in [0.25, 0.3) is 0 Å². The van der Waals surface area contributed by atoms with Gasteiger partial charge in [0.2, 0.25) is 5.91 Å². The third kappa shape index (κ3) is 6.79. The summed E-state index contributed by atoms with van der Waals surface area (Å²) in [5, 5.41) is 11.4. The predicted octanol–water partition coefficient (Wildman–Crippen LogP) is 2.56. The van der Waals surface area contributed by atoms with Gasteiger partial charge in [-0.1, -0.05) is 11.8 Å². The molecule has 122 valence electrons. The van der Waals surface area contributed by atoms with Crippen molar-refractivity contribution in [1.82, 2.24) is 10.3 Å². The van der Waals surface area contributed by atoms with Crippen LogP contribution in [0, 0.1) is 0 Å². The van der Waals surface area contributed by atoms with Crippen LogP contribution in [0.1, 0.15) is 25.3 Å². The largest absolute Gasteiger partial charge is 0.481 e. The molecule has 1 unspecified atom stereocenters. The lowest BCUT2D eigenvalue weighted by molar-refractivity contribution is -0.138. The highest BCUT2D eigenvalue weighted by Gasteiger charge is 2.30. The normalized spacial score (nSPS) is 12.7. The van der Waals surface area contributed by atoms with Gasteiger partial charge in [-0.25, -0.2) is 4.98 Å². The van der Waals surface area contributed by atoms with Gasteiger partial charge in [0.05, 0.1) is 16.3 Å². The minimum Gasteiger partial charge on any atom is -0.481 e. The molecule has 0 fully saturated rings. The first kappa shape index (κ1) is 18.3. The average Bonchev–Trinajstić information content (AvgIpc) is 2.42. The molecule has 5 nitrogen and oxygen atoms in total. The van der Waals surface area contributed by atoms with E-state index in [1.807, 2.05) is 0 Å². The number of pyridine rings is 1. The van der Waals surface area contributed by atoms with E-state index in [0.717, 1.165) is 24.0 Å². The van der Waals surface area contributed by atoms with E-state index in [1.165, 1.54) is 6.07 Å². The fourth-order valence-electron chi connectivity index (χ4n) is 1.50. The minimum absolute atomic E-state index is 0.00419. The molecule has 1 rings (SSSR count). The van der Waals surface area contributed by atoms with Crippen LogP contribution in [0.2, 0.25) is 0 Å². The van der Waals surface area contributed by atoms with Gasteiger partial charge in [0.25, 0.3) is 0 Å².